The second kappa shape index (κ2) is 4.16. The van der Waals surface area contributed by atoms with Crippen LogP contribution in [-0.4, -0.2) is 10.9 Å². The Labute approximate surface area is 107 Å². The van der Waals surface area contributed by atoms with Crippen molar-refractivity contribution in [1.29, 1.82) is 5.26 Å². The molecule has 0 spiro atoms. The van der Waals surface area contributed by atoms with Crippen molar-refractivity contribution < 1.29 is 4.79 Å². The number of primary amides is 1. The molecule has 2 heterocycles. The van der Waals surface area contributed by atoms with Crippen molar-refractivity contribution in [3.05, 3.63) is 16.0 Å². The van der Waals surface area contributed by atoms with E-state index in [4.69, 9.17) is 22.5 Å². The second-order valence-corrected chi connectivity index (χ2v) is 4.70. The molecular weight excluding hydrogens is 250 g/mol. The molecule has 0 aliphatic heterocycles. The minimum absolute atomic E-state index is 0.152. The van der Waals surface area contributed by atoms with Gasteiger partial charge in [-0.25, -0.2) is 4.98 Å². The molecule has 6 N–H and O–H groups in total. The highest BCUT2D eigenvalue weighted by atomic mass is 32.1. The molecule has 0 atom stereocenters. The van der Waals surface area contributed by atoms with Gasteiger partial charge in [0.1, 0.15) is 21.6 Å². The number of pyridine rings is 1. The Morgan fingerprint density at radius 3 is 2.67 bits per heavy atom. The fraction of sp³-hybridized carbons (Fsp3) is 0.182. The summed E-state index contributed by atoms with van der Waals surface area (Å²) >= 11 is 1.09. The first kappa shape index (κ1) is 12.1. The summed E-state index contributed by atoms with van der Waals surface area (Å²) in [5, 5.41) is 9.71. The zero-order valence-electron chi connectivity index (χ0n) is 9.65. The Balaban J connectivity index is 2.97. The molecule has 2 aromatic rings. The van der Waals surface area contributed by atoms with E-state index in [1.165, 1.54) is 0 Å². The average molecular weight is 261 g/mol. The number of hydrogen-bond acceptors (Lipinski definition) is 6. The maximum atomic E-state index is 11.3. The largest absolute Gasteiger partial charge is 0.397 e. The van der Waals surface area contributed by atoms with E-state index in [9.17, 15) is 4.79 Å². The van der Waals surface area contributed by atoms with Crippen molar-refractivity contribution in [1.82, 2.24) is 4.98 Å². The third kappa shape index (κ3) is 1.55. The van der Waals surface area contributed by atoms with Crippen molar-refractivity contribution in [2.24, 2.45) is 5.73 Å². The van der Waals surface area contributed by atoms with Crippen molar-refractivity contribution >= 4 is 39.0 Å². The maximum Gasteiger partial charge on any atom is 0.260 e. The topological polar surface area (TPSA) is 132 Å². The highest BCUT2D eigenvalue weighted by Gasteiger charge is 2.21. The summed E-state index contributed by atoms with van der Waals surface area (Å²) in [7, 11) is 0. The van der Waals surface area contributed by atoms with Crippen molar-refractivity contribution in [2.45, 2.75) is 13.3 Å². The maximum absolute atomic E-state index is 11.3. The molecule has 6 nitrogen and oxygen atoms in total. The highest BCUT2D eigenvalue weighted by molar-refractivity contribution is 7.21. The van der Waals surface area contributed by atoms with Gasteiger partial charge in [-0.3, -0.25) is 4.79 Å². The predicted molar refractivity (Wildman–Crippen MR) is 71.1 cm³/mol. The fourth-order valence-electron chi connectivity index (χ4n) is 1.91. The number of nitrogen functional groups attached to an aromatic ring is 2. The molecule has 18 heavy (non-hydrogen) atoms. The molecule has 0 aliphatic carbocycles. The van der Waals surface area contributed by atoms with Gasteiger partial charge in [-0.1, -0.05) is 6.92 Å². The first-order valence-electron chi connectivity index (χ1n) is 5.21. The van der Waals surface area contributed by atoms with E-state index in [1.807, 2.05) is 13.0 Å². The number of amides is 1. The zero-order valence-corrected chi connectivity index (χ0v) is 10.5. The number of thiophene rings is 1. The van der Waals surface area contributed by atoms with Crippen LogP contribution in [0.3, 0.4) is 0 Å². The number of aryl methyl sites for hydroxylation is 1. The Morgan fingerprint density at radius 2 is 2.17 bits per heavy atom. The summed E-state index contributed by atoms with van der Waals surface area (Å²) in [5.41, 5.74) is 18.2. The number of hydrogen-bond donors (Lipinski definition) is 3. The summed E-state index contributed by atoms with van der Waals surface area (Å²) < 4.78 is 0. The van der Waals surface area contributed by atoms with E-state index < -0.39 is 5.91 Å². The van der Waals surface area contributed by atoms with Gasteiger partial charge < -0.3 is 17.2 Å². The quantitative estimate of drug-likeness (QED) is 0.741. The van der Waals surface area contributed by atoms with Crippen LogP contribution in [0, 0.1) is 11.3 Å². The molecule has 0 saturated heterocycles. The summed E-state index contributed by atoms with van der Waals surface area (Å²) in [4.78, 5) is 16.2. The summed E-state index contributed by atoms with van der Waals surface area (Å²) in [6, 6.07) is 2.02. The monoisotopic (exact) mass is 261 g/mol. The van der Waals surface area contributed by atoms with Crippen LogP contribution in [0.5, 0.6) is 0 Å². The standard InChI is InChI=1S/C11H11N5OS/c1-2-4-5(3-12)9(14)16-11-6(4)7(13)8(18-11)10(15)17/h2,13H2,1H3,(H2,14,16)(H2,15,17). The lowest BCUT2D eigenvalue weighted by Crippen LogP contribution is -2.10. The number of carbonyl (C=O) groups excluding carboxylic acids is 1. The molecular formula is C11H11N5OS. The number of carbonyl (C=O) groups is 1. The number of nitrogens with two attached hydrogens (primary N) is 3. The molecule has 0 radical (unpaired) electrons. The van der Waals surface area contributed by atoms with E-state index in [0.717, 1.165) is 11.3 Å². The van der Waals surface area contributed by atoms with Gasteiger partial charge in [-0.2, -0.15) is 5.26 Å². The van der Waals surface area contributed by atoms with Gasteiger partial charge in [0.25, 0.3) is 5.91 Å². The number of fused-ring (bicyclic) bond motifs is 1. The Bertz CT molecular complexity index is 698. The molecule has 0 saturated carbocycles. The van der Waals surface area contributed by atoms with Gasteiger partial charge in [0.05, 0.1) is 11.3 Å². The summed E-state index contributed by atoms with van der Waals surface area (Å²) in [6.45, 7) is 1.89. The first-order chi connectivity index (χ1) is 8.51. The molecule has 2 rings (SSSR count). The molecule has 2 aromatic heterocycles. The van der Waals surface area contributed by atoms with Crippen LogP contribution in [0.1, 0.15) is 27.7 Å². The number of aromatic nitrogens is 1. The SMILES string of the molecule is CCc1c(C#N)c(N)nc2sc(C(N)=O)c(N)c12. The third-order valence-electron chi connectivity index (χ3n) is 2.70. The first-order valence-corrected chi connectivity index (χ1v) is 6.03. The zero-order chi connectivity index (χ0) is 13.4. The van der Waals surface area contributed by atoms with Crippen molar-refractivity contribution in [2.75, 3.05) is 11.5 Å². The number of rotatable bonds is 2. The molecule has 0 aliphatic rings. The minimum atomic E-state index is -0.602. The molecule has 1 amide bonds. The smallest absolute Gasteiger partial charge is 0.260 e. The van der Waals surface area contributed by atoms with Crippen molar-refractivity contribution in [3.8, 4) is 6.07 Å². The Hall–Kier alpha value is -2.33. The van der Waals surface area contributed by atoms with Gasteiger partial charge in [-0.15, -0.1) is 11.3 Å². The van der Waals surface area contributed by atoms with E-state index in [1.54, 1.807) is 0 Å². The van der Waals surface area contributed by atoms with Gasteiger partial charge in [0.15, 0.2) is 0 Å². The minimum Gasteiger partial charge on any atom is -0.397 e. The summed E-state index contributed by atoms with van der Waals surface area (Å²) in [5.74, 6) is -0.450. The van der Waals surface area contributed by atoms with Gasteiger partial charge >= 0.3 is 0 Å². The van der Waals surface area contributed by atoms with E-state index in [-0.39, 0.29) is 16.4 Å². The van der Waals surface area contributed by atoms with E-state index in [0.29, 0.717) is 27.8 Å². The van der Waals surface area contributed by atoms with Gasteiger partial charge in [-0.05, 0) is 12.0 Å². The Kier molecular flexibility index (Phi) is 2.80. The van der Waals surface area contributed by atoms with Crippen LogP contribution >= 0.6 is 11.3 Å². The number of nitrogens with zero attached hydrogens (tertiary/aromatic N) is 2. The second-order valence-electron chi connectivity index (χ2n) is 3.71. The highest BCUT2D eigenvalue weighted by Crippen LogP contribution is 2.37. The van der Waals surface area contributed by atoms with Crippen molar-refractivity contribution in [3.63, 3.8) is 0 Å². The average Bonchev–Trinajstić information content (AvgIpc) is 2.64. The molecule has 7 heteroatoms. The lowest BCUT2D eigenvalue weighted by Gasteiger charge is -2.06. The van der Waals surface area contributed by atoms with Crippen LogP contribution in [-0.2, 0) is 6.42 Å². The molecule has 0 unspecified atom stereocenters. The predicted octanol–water partition coefficient (Wildman–Crippen LogP) is 0.994. The number of nitriles is 1. The fourth-order valence-corrected chi connectivity index (χ4v) is 2.89. The van der Waals surface area contributed by atoms with Gasteiger partial charge in [0, 0.05) is 5.39 Å². The van der Waals surface area contributed by atoms with Crippen LogP contribution in [0.15, 0.2) is 0 Å². The summed E-state index contributed by atoms with van der Waals surface area (Å²) in [6.07, 6.45) is 0.575. The molecule has 92 valence electrons. The lowest BCUT2D eigenvalue weighted by atomic mass is 10.0. The van der Waals surface area contributed by atoms with Crippen LogP contribution in [0.4, 0.5) is 11.5 Å². The van der Waals surface area contributed by atoms with E-state index in [2.05, 4.69) is 4.98 Å². The molecule has 0 aromatic carbocycles. The van der Waals surface area contributed by atoms with E-state index >= 15 is 0 Å². The normalized spacial score (nSPS) is 10.4. The molecule has 0 fully saturated rings. The van der Waals surface area contributed by atoms with Crippen LogP contribution < -0.4 is 17.2 Å². The number of anilines is 2. The van der Waals surface area contributed by atoms with Crippen LogP contribution in [0.2, 0.25) is 0 Å². The Morgan fingerprint density at radius 1 is 1.50 bits per heavy atom. The molecule has 0 bridgehead atoms. The lowest BCUT2D eigenvalue weighted by molar-refractivity contribution is 0.100. The van der Waals surface area contributed by atoms with Crippen LogP contribution in [0.25, 0.3) is 10.2 Å². The van der Waals surface area contributed by atoms with Gasteiger partial charge in [0.2, 0.25) is 0 Å². The third-order valence-corrected chi connectivity index (χ3v) is 3.81.